The van der Waals surface area contributed by atoms with Gasteiger partial charge in [0.05, 0.1) is 4.90 Å². The predicted molar refractivity (Wildman–Crippen MR) is 90.6 cm³/mol. The van der Waals surface area contributed by atoms with Crippen LogP contribution in [0.25, 0.3) is 0 Å². The Hall–Kier alpha value is -2.18. The van der Waals surface area contributed by atoms with E-state index in [9.17, 15) is 13.2 Å². The second-order valence-corrected chi connectivity index (χ2v) is 7.14. The monoisotopic (exact) mass is 332 g/mol. The maximum Gasteiger partial charge on any atom is 0.240 e. The first-order valence-corrected chi connectivity index (χ1v) is 8.78. The molecule has 1 atom stereocenters. The maximum atomic E-state index is 12.2. The number of nitrogens with one attached hydrogen (secondary N) is 1. The van der Waals surface area contributed by atoms with Crippen LogP contribution in [-0.2, 0) is 14.8 Å². The van der Waals surface area contributed by atoms with Crippen LogP contribution in [0.3, 0.4) is 0 Å². The fourth-order valence-electron chi connectivity index (χ4n) is 2.29. The van der Waals surface area contributed by atoms with Crippen LogP contribution in [-0.4, -0.2) is 21.2 Å². The van der Waals surface area contributed by atoms with Crippen LogP contribution < -0.4 is 10.5 Å². The number of benzene rings is 2. The van der Waals surface area contributed by atoms with E-state index < -0.39 is 15.9 Å². The van der Waals surface area contributed by atoms with Crippen molar-refractivity contribution < 1.29 is 13.2 Å². The molecule has 122 valence electrons. The molecular weight excluding hydrogens is 312 g/mol. The second-order valence-electron chi connectivity index (χ2n) is 5.37. The largest absolute Gasteiger partial charge is 0.398 e. The molecule has 0 aromatic heterocycles. The van der Waals surface area contributed by atoms with Crippen molar-refractivity contribution in [3.8, 4) is 0 Å². The van der Waals surface area contributed by atoms with E-state index in [1.807, 2.05) is 6.92 Å². The van der Waals surface area contributed by atoms with E-state index in [1.165, 1.54) is 0 Å². The number of aldehydes is 1. The van der Waals surface area contributed by atoms with E-state index in [0.29, 0.717) is 12.1 Å². The molecule has 0 aliphatic carbocycles. The average Bonchev–Trinajstić information content (AvgIpc) is 2.53. The van der Waals surface area contributed by atoms with Gasteiger partial charge < -0.3 is 10.5 Å². The molecule has 0 saturated heterocycles. The minimum atomic E-state index is -3.57. The third-order valence-electron chi connectivity index (χ3n) is 3.64. The number of nitrogens with two attached hydrogens (primary N) is 1. The van der Waals surface area contributed by atoms with Crippen LogP contribution in [0.1, 0.15) is 23.5 Å². The number of hydrogen-bond acceptors (Lipinski definition) is 4. The van der Waals surface area contributed by atoms with E-state index in [2.05, 4.69) is 4.72 Å². The number of carbonyl (C=O) groups excluding carboxylic acids is 1. The fourth-order valence-corrected chi connectivity index (χ4v) is 3.34. The van der Waals surface area contributed by atoms with Crippen molar-refractivity contribution in [1.82, 2.24) is 4.72 Å². The summed E-state index contributed by atoms with van der Waals surface area (Å²) in [5.74, 6) is -0.433. The Bertz CT molecular complexity index is 771. The normalized spacial score (nSPS) is 12.7. The first-order chi connectivity index (χ1) is 10.9. The minimum Gasteiger partial charge on any atom is -0.398 e. The van der Waals surface area contributed by atoms with Gasteiger partial charge in [-0.05, 0) is 37.1 Å². The molecule has 1 unspecified atom stereocenters. The quantitative estimate of drug-likeness (QED) is 0.601. The lowest BCUT2D eigenvalue weighted by molar-refractivity contribution is -0.109. The summed E-state index contributed by atoms with van der Waals surface area (Å²) in [6.07, 6.45) is 1.15. The molecule has 2 aromatic rings. The van der Waals surface area contributed by atoms with Gasteiger partial charge in [-0.15, -0.1) is 0 Å². The van der Waals surface area contributed by atoms with Crippen LogP contribution in [0.2, 0.25) is 0 Å². The highest BCUT2D eigenvalue weighted by molar-refractivity contribution is 7.89. The van der Waals surface area contributed by atoms with E-state index >= 15 is 0 Å². The Balaban J connectivity index is 2.01. The van der Waals surface area contributed by atoms with Crippen molar-refractivity contribution in [2.75, 3.05) is 12.3 Å². The number of nitrogen functional groups attached to an aromatic ring is 1. The van der Waals surface area contributed by atoms with Gasteiger partial charge in [-0.3, -0.25) is 0 Å². The molecule has 0 fully saturated rings. The highest BCUT2D eigenvalue weighted by atomic mass is 32.2. The molecule has 2 rings (SSSR count). The molecule has 0 aliphatic rings. The Morgan fingerprint density at radius 1 is 1.13 bits per heavy atom. The average molecular weight is 332 g/mol. The van der Waals surface area contributed by atoms with Gasteiger partial charge in [0.2, 0.25) is 10.0 Å². The van der Waals surface area contributed by atoms with Gasteiger partial charge in [0.25, 0.3) is 0 Å². The van der Waals surface area contributed by atoms with Crippen LogP contribution in [0, 0.1) is 6.92 Å². The Labute approximate surface area is 136 Å². The highest BCUT2D eigenvalue weighted by Gasteiger charge is 2.17. The van der Waals surface area contributed by atoms with Crippen molar-refractivity contribution in [3.05, 3.63) is 59.7 Å². The van der Waals surface area contributed by atoms with Crippen LogP contribution in [0.15, 0.2) is 53.4 Å². The van der Waals surface area contributed by atoms with Gasteiger partial charge in [0, 0.05) is 18.2 Å². The van der Waals surface area contributed by atoms with Gasteiger partial charge in [0.15, 0.2) is 0 Å². The number of rotatable bonds is 7. The van der Waals surface area contributed by atoms with Crippen molar-refractivity contribution >= 4 is 22.0 Å². The summed E-state index contributed by atoms with van der Waals surface area (Å²) in [5.41, 5.74) is 8.11. The first-order valence-electron chi connectivity index (χ1n) is 7.30. The van der Waals surface area contributed by atoms with Gasteiger partial charge in [-0.25, -0.2) is 13.1 Å². The number of para-hydroxylation sites is 1. The zero-order chi connectivity index (χ0) is 16.9. The number of carbonyl (C=O) groups is 1. The lowest BCUT2D eigenvalue weighted by Gasteiger charge is -2.14. The Morgan fingerprint density at radius 3 is 2.39 bits per heavy atom. The third-order valence-corrected chi connectivity index (χ3v) is 5.12. The molecule has 6 heteroatoms. The third kappa shape index (κ3) is 4.40. The molecule has 0 bridgehead atoms. The topological polar surface area (TPSA) is 89.3 Å². The first kappa shape index (κ1) is 17.2. The van der Waals surface area contributed by atoms with Crippen LogP contribution in [0.5, 0.6) is 0 Å². The zero-order valence-corrected chi connectivity index (χ0v) is 13.7. The molecule has 0 heterocycles. The van der Waals surface area contributed by atoms with Crippen LogP contribution in [0.4, 0.5) is 5.69 Å². The summed E-state index contributed by atoms with van der Waals surface area (Å²) in [4.78, 5) is 11.5. The summed E-state index contributed by atoms with van der Waals surface area (Å²) in [6.45, 7) is 2.05. The summed E-state index contributed by atoms with van der Waals surface area (Å²) in [6, 6.07) is 13.7. The molecule has 0 radical (unpaired) electrons. The van der Waals surface area contributed by atoms with Crippen molar-refractivity contribution in [3.63, 3.8) is 0 Å². The van der Waals surface area contributed by atoms with Gasteiger partial charge in [0.1, 0.15) is 6.29 Å². The zero-order valence-electron chi connectivity index (χ0n) is 12.9. The van der Waals surface area contributed by atoms with E-state index in [-0.39, 0.29) is 11.4 Å². The second kappa shape index (κ2) is 7.39. The summed E-state index contributed by atoms with van der Waals surface area (Å²) >= 11 is 0. The summed E-state index contributed by atoms with van der Waals surface area (Å²) in [7, 11) is -3.57. The molecule has 5 nitrogen and oxygen atoms in total. The maximum absolute atomic E-state index is 12.2. The lowest BCUT2D eigenvalue weighted by Crippen LogP contribution is -2.26. The summed E-state index contributed by atoms with van der Waals surface area (Å²) < 4.78 is 26.9. The Morgan fingerprint density at radius 2 is 1.78 bits per heavy atom. The van der Waals surface area contributed by atoms with Gasteiger partial charge in [-0.2, -0.15) is 0 Å². The number of anilines is 1. The number of hydrogen-bond donors (Lipinski definition) is 2. The fraction of sp³-hybridized carbons (Fsp3) is 0.235. The molecule has 0 amide bonds. The molecule has 23 heavy (non-hydrogen) atoms. The standard InChI is InChI=1S/C17H20N2O3S/c1-13-6-8-15(9-7-13)23(21,22)19-11-10-14(12-20)16-4-2-3-5-17(16)18/h2-9,12,14,19H,10-11,18H2,1H3. The van der Waals surface area contributed by atoms with Crippen LogP contribution >= 0.6 is 0 Å². The van der Waals surface area contributed by atoms with Crippen molar-refractivity contribution in [1.29, 1.82) is 0 Å². The molecule has 0 spiro atoms. The number of aryl methyl sites for hydroxylation is 1. The molecule has 0 aliphatic heterocycles. The Kier molecular flexibility index (Phi) is 5.52. The van der Waals surface area contributed by atoms with Crippen molar-refractivity contribution in [2.24, 2.45) is 0 Å². The molecular formula is C17H20N2O3S. The number of sulfonamides is 1. The van der Waals surface area contributed by atoms with Crippen molar-refractivity contribution in [2.45, 2.75) is 24.2 Å². The lowest BCUT2D eigenvalue weighted by atomic mass is 9.96. The van der Waals surface area contributed by atoms with E-state index in [4.69, 9.17) is 5.73 Å². The van der Waals surface area contributed by atoms with E-state index in [1.54, 1.807) is 48.5 Å². The van der Waals surface area contributed by atoms with E-state index in [0.717, 1.165) is 17.4 Å². The minimum absolute atomic E-state index is 0.161. The summed E-state index contributed by atoms with van der Waals surface area (Å²) in [5, 5.41) is 0. The predicted octanol–water partition coefficient (Wildman–Crippen LogP) is 2.23. The molecule has 3 N–H and O–H groups in total. The SMILES string of the molecule is Cc1ccc(S(=O)(=O)NCCC(C=O)c2ccccc2N)cc1. The molecule has 2 aromatic carbocycles. The smallest absolute Gasteiger partial charge is 0.240 e. The highest BCUT2D eigenvalue weighted by Crippen LogP contribution is 2.23. The van der Waals surface area contributed by atoms with Gasteiger partial charge >= 0.3 is 0 Å². The molecule has 0 saturated carbocycles. The van der Waals surface area contributed by atoms with Gasteiger partial charge in [-0.1, -0.05) is 35.9 Å².